The van der Waals surface area contributed by atoms with Gasteiger partial charge in [-0.3, -0.25) is 14.5 Å². The van der Waals surface area contributed by atoms with E-state index < -0.39 is 0 Å². The first kappa shape index (κ1) is 19.6. The van der Waals surface area contributed by atoms with Crippen molar-refractivity contribution in [3.8, 4) is 22.6 Å². The largest absolute Gasteiger partial charge is 0.486 e. The molecule has 7 nitrogen and oxygen atoms in total. The van der Waals surface area contributed by atoms with E-state index in [4.69, 9.17) is 14.5 Å². The highest BCUT2D eigenvalue weighted by atomic mass is 16.6. The fraction of sp³-hybridized carbons (Fsp3) is 0.375. The Balaban J connectivity index is 1.37. The van der Waals surface area contributed by atoms with Crippen LogP contribution < -0.4 is 9.47 Å². The summed E-state index contributed by atoms with van der Waals surface area (Å²) < 4.78 is 13.0. The summed E-state index contributed by atoms with van der Waals surface area (Å²) in [6.07, 6.45) is 5.86. The molecule has 1 atom stereocenters. The quantitative estimate of drug-likeness (QED) is 0.650. The van der Waals surface area contributed by atoms with Crippen molar-refractivity contribution in [1.82, 2.24) is 19.7 Å². The molecule has 1 unspecified atom stereocenters. The molecular formula is C24H26N4O3. The van der Waals surface area contributed by atoms with Gasteiger partial charge in [-0.15, -0.1) is 0 Å². The van der Waals surface area contributed by atoms with E-state index in [1.54, 1.807) is 10.7 Å². The molecule has 0 radical (unpaired) electrons. The Kier molecular flexibility index (Phi) is 5.10. The van der Waals surface area contributed by atoms with E-state index in [-0.39, 0.29) is 11.8 Å². The van der Waals surface area contributed by atoms with Gasteiger partial charge in [-0.1, -0.05) is 0 Å². The van der Waals surface area contributed by atoms with Gasteiger partial charge in [-0.2, -0.15) is 5.10 Å². The minimum Gasteiger partial charge on any atom is -0.486 e. The highest BCUT2D eigenvalue weighted by molar-refractivity contribution is 5.95. The van der Waals surface area contributed by atoms with Crippen LogP contribution in [0.4, 0.5) is 0 Å². The highest BCUT2D eigenvalue weighted by Gasteiger charge is 2.27. The van der Waals surface area contributed by atoms with Gasteiger partial charge in [-0.05, 0) is 55.7 Å². The maximum absolute atomic E-state index is 13.2. The number of rotatable bonds is 3. The molecule has 2 aromatic heterocycles. The fourth-order valence-corrected chi connectivity index (χ4v) is 4.40. The van der Waals surface area contributed by atoms with Gasteiger partial charge in [0.1, 0.15) is 13.2 Å². The van der Waals surface area contributed by atoms with Crippen molar-refractivity contribution >= 4 is 5.91 Å². The summed E-state index contributed by atoms with van der Waals surface area (Å²) in [5, 5.41) is 4.29. The first-order valence-corrected chi connectivity index (χ1v) is 10.7. The molecular weight excluding hydrogens is 392 g/mol. The van der Waals surface area contributed by atoms with Crippen LogP contribution in [0.3, 0.4) is 0 Å². The Bertz CT molecular complexity index is 1120. The summed E-state index contributed by atoms with van der Waals surface area (Å²) >= 11 is 0. The Hall–Kier alpha value is -3.35. The second-order valence-electron chi connectivity index (χ2n) is 8.27. The summed E-state index contributed by atoms with van der Waals surface area (Å²) in [6.45, 7) is 4.49. The number of likely N-dealkylation sites (tertiary alicyclic amines) is 1. The first-order chi connectivity index (χ1) is 15.1. The molecule has 4 heterocycles. The Morgan fingerprint density at radius 2 is 1.94 bits per heavy atom. The molecule has 3 aromatic rings. The Morgan fingerprint density at radius 1 is 1.10 bits per heavy atom. The smallest absolute Gasteiger partial charge is 0.254 e. The van der Waals surface area contributed by atoms with Crippen LogP contribution in [0.15, 0.2) is 42.7 Å². The zero-order chi connectivity index (χ0) is 21.4. The summed E-state index contributed by atoms with van der Waals surface area (Å²) in [4.78, 5) is 20.0. The van der Waals surface area contributed by atoms with E-state index in [1.165, 1.54) is 0 Å². The number of piperidine rings is 1. The van der Waals surface area contributed by atoms with Gasteiger partial charge in [0.2, 0.25) is 0 Å². The van der Waals surface area contributed by atoms with Gasteiger partial charge in [0.15, 0.2) is 11.5 Å². The summed E-state index contributed by atoms with van der Waals surface area (Å²) in [7, 11) is 1.92. The molecule has 0 bridgehead atoms. The third-order valence-electron chi connectivity index (χ3n) is 5.93. The summed E-state index contributed by atoms with van der Waals surface area (Å²) in [5.74, 6) is 1.59. The number of nitrogens with zero attached hydrogens (tertiary/aromatic N) is 4. The van der Waals surface area contributed by atoms with Crippen LogP contribution in [0.2, 0.25) is 0 Å². The fourth-order valence-electron chi connectivity index (χ4n) is 4.40. The van der Waals surface area contributed by atoms with Gasteiger partial charge < -0.3 is 14.4 Å². The van der Waals surface area contributed by atoms with Crippen LogP contribution in [-0.4, -0.2) is 51.9 Å². The maximum atomic E-state index is 13.2. The Labute approximate surface area is 181 Å². The minimum absolute atomic E-state index is 0.0295. The number of carbonyl (C=O) groups is 1. The van der Waals surface area contributed by atoms with Crippen molar-refractivity contribution < 1.29 is 14.3 Å². The lowest BCUT2D eigenvalue weighted by atomic mass is 9.92. The van der Waals surface area contributed by atoms with Crippen LogP contribution in [0, 0.1) is 6.92 Å². The SMILES string of the molecule is Cc1cc(-c2cnn(C)c2)cc(C2CCCN(C(=O)c3ccc4c(c3)OCCO4)C2)n1. The lowest BCUT2D eigenvalue weighted by Gasteiger charge is -2.33. The number of fused-ring (bicyclic) bond motifs is 1. The molecule has 0 aliphatic carbocycles. The van der Waals surface area contributed by atoms with E-state index in [0.717, 1.165) is 41.9 Å². The average Bonchev–Trinajstić information content (AvgIpc) is 3.24. The zero-order valence-corrected chi connectivity index (χ0v) is 17.9. The van der Waals surface area contributed by atoms with Crippen molar-refractivity contribution in [3.05, 3.63) is 59.7 Å². The second kappa shape index (κ2) is 8.06. The van der Waals surface area contributed by atoms with Crippen LogP contribution >= 0.6 is 0 Å². The van der Waals surface area contributed by atoms with Crippen molar-refractivity contribution in [1.29, 1.82) is 0 Å². The minimum atomic E-state index is 0.0295. The molecule has 7 heteroatoms. The molecule has 0 N–H and O–H groups in total. The van der Waals surface area contributed by atoms with Gasteiger partial charge in [0.05, 0.1) is 6.20 Å². The number of aromatic nitrogens is 3. The van der Waals surface area contributed by atoms with Crippen molar-refractivity contribution in [2.24, 2.45) is 7.05 Å². The summed E-state index contributed by atoms with van der Waals surface area (Å²) in [6, 6.07) is 9.68. The molecule has 2 aliphatic heterocycles. The number of ether oxygens (including phenoxy) is 2. The Morgan fingerprint density at radius 3 is 2.74 bits per heavy atom. The van der Waals surface area contributed by atoms with Crippen molar-refractivity contribution in [2.75, 3.05) is 26.3 Å². The third-order valence-corrected chi connectivity index (χ3v) is 5.93. The number of hydrogen-bond acceptors (Lipinski definition) is 5. The van der Waals surface area contributed by atoms with Crippen LogP contribution in [0.1, 0.15) is 40.5 Å². The molecule has 31 heavy (non-hydrogen) atoms. The van der Waals surface area contributed by atoms with Crippen molar-refractivity contribution in [2.45, 2.75) is 25.7 Å². The van der Waals surface area contributed by atoms with Gasteiger partial charge in [0.25, 0.3) is 5.91 Å². The van der Waals surface area contributed by atoms with E-state index in [9.17, 15) is 4.79 Å². The standard InChI is InChI=1S/C24H26N4O3/c1-16-10-19(20-13-25-27(2)14-20)11-21(26-16)18-4-3-7-28(15-18)24(29)17-5-6-22-23(12-17)31-9-8-30-22/h5-6,10-14,18H,3-4,7-9,15H2,1-2H3. The number of aryl methyl sites for hydroxylation is 2. The normalized spacial score (nSPS) is 18.1. The number of carbonyl (C=O) groups excluding carboxylic acids is 1. The molecule has 1 fully saturated rings. The van der Waals surface area contributed by atoms with Gasteiger partial charge >= 0.3 is 0 Å². The van der Waals surface area contributed by atoms with E-state index in [0.29, 0.717) is 36.8 Å². The number of benzene rings is 1. The van der Waals surface area contributed by atoms with Gasteiger partial charge in [-0.25, -0.2) is 0 Å². The summed E-state index contributed by atoms with van der Waals surface area (Å²) in [5.41, 5.74) is 4.85. The predicted octanol–water partition coefficient (Wildman–Crippen LogP) is 3.58. The molecule has 0 saturated carbocycles. The molecule has 160 valence electrons. The second-order valence-corrected chi connectivity index (χ2v) is 8.27. The van der Waals surface area contributed by atoms with Crippen LogP contribution in [0.25, 0.3) is 11.1 Å². The van der Waals surface area contributed by atoms with Crippen LogP contribution in [0.5, 0.6) is 11.5 Å². The average molecular weight is 418 g/mol. The maximum Gasteiger partial charge on any atom is 0.254 e. The third kappa shape index (κ3) is 4.00. The topological polar surface area (TPSA) is 69.5 Å². The number of pyridine rings is 1. The number of amides is 1. The lowest BCUT2D eigenvalue weighted by molar-refractivity contribution is 0.0705. The van der Waals surface area contributed by atoms with E-state index in [2.05, 4.69) is 17.2 Å². The molecule has 1 saturated heterocycles. The molecule has 5 rings (SSSR count). The monoisotopic (exact) mass is 418 g/mol. The van der Waals surface area contributed by atoms with E-state index in [1.807, 2.05) is 43.4 Å². The highest BCUT2D eigenvalue weighted by Crippen LogP contribution is 2.33. The lowest BCUT2D eigenvalue weighted by Crippen LogP contribution is -2.39. The first-order valence-electron chi connectivity index (χ1n) is 10.7. The molecule has 1 aromatic carbocycles. The molecule has 0 spiro atoms. The van der Waals surface area contributed by atoms with Crippen molar-refractivity contribution in [3.63, 3.8) is 0 Å². The van der Waals surface area contributed by atoms with E-state index >= 15 is 0 Å². The van der Waals surface area contributed by atoms with Crippen LogP contribution in [-0.2, 0) is 7.05 Å². The van der Waals surface area contributed by atoms with Gasteiger partial charge in [0, 0.05) is 54.8 Å². The number of hydrogen-bond donors (Lipinski definition) is 0. The zero-order valence-electron chi connectivity index (χ0n) is 17.9. The molecule has 2 aliphatic rings. The molecule has 1 amide bonds. The predicted molar refractivity (Wildman–Crippen MR) is 116 cm³/mol.